The van der Waals surface area contributed by atoms with Crippen molar-refractivity contribution in [2.45, 2.75) is 64.6 Å². The van der Waals surface area contributed by atoms with Crippen LogP contribution in [0.4, 0.5) is 18.9 Å². The number of hydrogen-bond acceptors (Lipinski definition) is 5. The Balaban J connectivity index is 1.10. The molecule has 220 valence electrons. The molecule has 1 amide bonds. The Morgan fingerprint density at radius 1 is 0.975 bits per heavy atom. The molecular formula is C30H43F3N6O. The van der Waals surface area contributed by atoms with Crippen molar-refractivity contribution in [3.05, 3.63) is 23.4 Å². The van der Waals surface area contributed by atoms with Crippen LogP contribution in [0.25, 0.3) is 10.9 Å². The number of nitrogens with one attached hydrogen (secondary N) is 1. The van der Waals surface area contributed by atoms with Crippen molar-refractivity contribution in [3.63, 3.8) is 0 Å². The van der Waals surface area contributed by atoms with Crippen LogP contribution in [0.15, 0.2) is 12.1 Å². The highest BCUT2D eigenvalue weighted by Crippen LogP contribution is 2.61. The first-order valence-electron chi connectivity index (χ1n) is 15.1. The van der Waals surface area contributed by atoms with Gasteiger partial charge in [-0.15, -0.1) is 0 Å². The van der Waals surface area contributed by atoms with Gasteiger partial charge >= 0.3 is 6.18 Å². The standard InChI is InChI=1S/C30H43F3N6O/c1-29(2)23-18-38(19-24(23)29)15-14-37-12-8-20(9-13-37)34-28(40)27-26-22(30(31,32)33)16-21(17-25(26)36(3)35-27)39-10-6-4-5-7-11-39/h16-17,20,23-24H,4-15,18-19H2,1-3H3,(H,34,40). The van der Waals surface area contributed by atoms with E-state index in [-0.39, 0.29) is 17.1 Å². The van der Waals surface area contributed by atoms with Crippen LogP contribution in [-0.2, 0) is 13.2 Å². The number of fused-ring (bicyclic) bond motifs is 2. The molecule has 2 atom stereocenters. The van der Waals surface area contributed by atoms with Gasteiger partial charge in [0.15, 0.2) is 5.69 Å². The Hall–Kier alpha value is -2.33. The minimum Gasteiger partial charge on any atom is -0.371 e. The average Bonchev–Trinajstić information content (AvgIpc) is 3.12. The Kier molecular flexibility index (Phi) is 7.30. The van der Waals surface area contributed by atoms with Crippen LogP contribution in [-0.4, -0.2) is 83.9 Å². The van der Waals surface area contributed by atoms with Crippen molar-refractivity contribution >= 4 is 22.5 Å². The molecule has 1 saturated carbocycles. The quantitative estimate of drug-likeness (QED) is 0.553. The van der Waals surface area contributed by atoms with Crippen LogP contribution in [0.5, 0.6) is 0 Å². The third-order valence-corrected chi connectivity index (χ3v) is 10.3. The van der Waals surface area contributed by atoms with Gasteiger partial charge in [0.1, 0.15) is 0 Å². The molecule has 1 aromatic heterocycles. The molecule has 2 unspecified atom stereocenters. The van der Waals surface area contributed by atoms with E-state index in [2.05, 4.69) is 34.1 Å². The number of rotatable bonds is 6. The van der Waals surface area contributed by atoms with Crippen LogP contribution >= 0.6 is 0 Å². The Labute approximate surface area is 235 Å². The summed E-state index contributed by atoms with van der Waals surface area (Å²) in [5.41, 5.74) is 0.517. The molecule has 10 heteroatoms. The van der Waals surface area contributed by atoms with Gasteiger partial charge in [-0.1, -0.05) is 26.7 Å². The SMILES string of the molecule is Cn1nc(C(=O)NC2CCN(CCN3CC4C(C3)C4(C)C)CC2)c2c(C(F)(F)F)cc(N3CCCCCC3)cc21. The predicted octanol–water partition coefficient (Wildman–Crippen LogP) is 4.75. The van der Waals surface area contributed by atoms with Crippen LogP contribution in [0.2, 0.25) is 0 Å². The summed E-state index contributed by atoms with van der Waals surface area (Å²) in [7, 11) is 1.62. The summed E-state index contributed by atoms with van der Waals surface area (Å²) < 4.78 is 44.5. The first-order valence-corrected chi connectivity index (χ1v) is 15.1. The third kappa shape index (κ3) is 5.33. The molecular weight excluding hydrogens is 517 g/mol. The fraction of sp³-hybridized carbons (Fsp3) is 0.733. The van der Waals surface area contributed by atoms with Gasteiger partial charge in [-0.2, -0.15) is 18.3 Å². The zero-order chi connectivity index (χ0) is 28.2. The van der Waals surface area contributed by atoms with Gasteiger partial charge in [-0.25, -0.2) is 0 Å². The van der Waals surface area contributed by atoms with Gasteiger partial charge in [0.2, 0.25) is 0 Å². The van der Waals surface area contributed by atoms with Gasteiger partial charge in [0.25, 0.3) is 5.91 Å². The van der Waals surface area contributed by atoms with Crippen molar-refractivity contribution in [1.29, 1.82) is 0 Å². The molecule has 0 spiro atoms. The number of halogens is 3. The summed E-state index contributed by atoms with van der Waals surface area (Å²) in [6, 6.07) is 2.92. The van der Waals surface area contributed by atoms with E-state index in [1.165, 1.54) is 23.8 Å². The Bertz CT molecular complexity index is 1230. The van der Waals surface area contributed by atoms with E-state index in [4.69, 9.17) is 0 Å². The molecule has 40 heavy (non-hydrogen) atoms. The van der Waals surface area contributed by atoms with E-state index >= 15 is 0 Å². The monoisotopic (exact) mass is 560 g/mol. The molecule has 4 aliphatic rings. The molecule has 7 nitrogen and oxygen atoms in total. The first-order chi connectivity index (χ1) is 19.0. The minimum atomic E-state index is -4.59. The van der Waals surface area contributed by atoms with Gasteiger partial charge < -0.3 is 20.0 Å². The maximum atomic E-state index is 14.3. The molecule has 2 aromatic rings. The zero-order valence-corrected chi connectivity index (χ0v) is 24.1. The van der Waals surface area contributed by atoms with Crippen molar-refractivity contribution in [2.75, 3.05) is 57.3 Å². The number of amides is 1. The highest BCUT2D eigenvalue weighted by molar-refractivity contribution is 6.07. The van der Waals surface area contributed by atoms with E-state index in [0.717, 1.165) is 89.6 Å². The van der Waals surface area contributed by atoms with Gasteiger partial charge in [-0.3, -0.25) is 9.48 Å². The maximum Gasteiger partial charge on any atom is 0.417 e. The van der Waals surface area contributed by atoms with E-state index in [0.29, 0.717) is 16.6 Å². The predicted molar refractivity (Wildman–Crippen MR) is 151 cm³/mol. The Morgan fingerprint density at radius 3 is 2.23 bits per heavy atom. The lowest BCUT2D eigenvalue weighted by Crippen LogP contribution is -2.46. The maximum absolute atomic E-state index is 14.3. The number of hydrogen-bond donors (Lipinski definition) is 1. The highest BCUT2D eigenvalue weighted by Gasteiger charge is 2.61. The van der Waals surface area contributed by atoms with E-state index < -0.39 is 17.6 Å². The van der Waals surface area contributed by atoms with Crippen LogP contribution < -0.4 is 10.2 Å². The summed E-state index contributed by atoms with van der Waals surface area (Å²) in [5.74, 6) is 1.20. The number of alkyl halides is 3. The third-order valence-electron chi connectivity index (χ3n) is 10.3. The van der Waals surface area contributed by atoms with Crippen LogP contribution in [0, 0.1) is 17.3 Å². The number of aromatic nitrogens is 2. The van der Waals surface area contributed by atoms with E-state index in [1.54, 1.807) is 13.1 Å². The molecule has 3 aliphatic heterocycles. The lowest BCUT2D eigenvalue weighted by atomic mass is 10.0. The minimum absolute atomic E-state index is 0.0632. The molecule has 3 saturated heterocycles. The lowest BCUT2D eigenvalue weighted by molar-refractivity contribution is -0.136. The first kappa shape index (κ1) is 27.8. The van der Waals surface area contributed by atoms with Gasteiger partial charge in [-0.05, 0) is 55.1 Å². The van der Waals surface area contributed by atoms with Crippen molar-refractivity contribution in [2.24, 2.45) is 24.3 Å². The zero-order valence-electron chi connectivity index (χ0n) is 24.1. The molecule has 1 N–H and O–H groups in total. The fourth-order valence-electron chi connectivity index (χ4n) is 7.50. The van der Waals surface area contributed by atoms with Crippen molar-refractivity contribution in [1.82, 2.24) is 24.9 Å². The summed E-state index contributed by atoms with van der Waals surface area (Å²) in [5, 5.41) is 7.23. The lowest BCUT2D eigenvalue weighted by Gasteiger charge is -2.33. The van der Waals surface area contributed by atoms with Crippen molar-refractivity contribution in [3.8, 4) is 0 Å². The second-order valence-corrected chi connectivity index (χ2v) is 13.1. The molecule has 1 aliphatic carbocycles. The molecule has 4 heterocycles. The molecule has 0 radical (unpaired) electrons. The molecule has 1 aromatic carbocycles. The normalized spacial score (nSPS) is 26.2. The highest BCUT2D eigenvalue weighted by atomic mass is 19.4. The smallest absolute Gasteiger partial charge is 0.371 e. The van der Waals surface area contributed by atoms with Crippen LogP contribution in [0.1, 0.15) is 68.4 Å². The molecule has 6 rings (SSSR count). The van der Waals surface area contributed by atoms with Crippen molar-refractivity contribution < 1.29 is 18.0 Å². The number of carbonyl (C=O) groups excluding carboxylic acids is 1. The number of nitrogens with zero attached hydrogens (tertiary/aromatic N) is 5. The molecule has 0 bridgehead atoms. The molecule has 4 fully saturated rings. The number of likely N-dealkylation sites (tertiary alicyclic amines) is 2. The summed E-state index contributed by atoms with van der Waals surface area (Å²) in [4.78, 5) is 20.4. The summed E-state index contributed by atoms with van der Waals surface area (Å²) in [6.07, 6.45) is 1.12. The topological polar surface area (TPSA) is 56.6 Å². The van der Waals surface area contributed by atoms with Crippen LogP contribution in [0.3, 0.4) is 0 Å². The number of piperidine rings is 2. The number of benzene rings is 1. The van der Waals surface area contributed by atoms with E-state index in [9.17, 15) is 18.0 Å². The fourth-order valence-corrected chi connectivity index (χ4v) is 7.50. The second kappa shape index (κ2) is 10.5. The van der Waals surface area contributed by atoms with Gasteiger partial charge in [0, 0.05) is 76.5 Å². The second-order valence-electron chi connectivity index (χ2n) is 13.1. The number of anilines is 1. The summed E-state index contributed by atoms with van der Waals surface area (Å²) in [6.45, 7) is 12.5. The largest absolute Gasteiger partial charge is 0.417 e. The van der Waals surface area contributed by atoms with E-state index in [1.807, 2.05) is 4.90 Å². The number of carbonyl (C=O) groups is 1. The van der Waals surface area contributed by atoms with Gasteiger partial charge in [0.05, 0.1) is 11.1 Å². The average molecular weight is 561 g/mol. The number of aryl methyl sites for hydroxylation is 1. The Morgan fingerprint density at radius 2 is 1.60 bits per heavy atom. The summed E-state index contributed by atoms with van der Waals surface area (Å²) >= 11 is 0.